The first-order chi connectivity index (χ1) is 8.16. The number of hydrogen-bond donors (Lipinski definition) is 0. The minimum Gasteiger partial charge on any atom is -0.290 e. The Labute approximate surface area is 106 Å². The quantitative estimate of drug-likeness (QED) is 0.818. The standard InChI is InChI=1S/C12H8BrFN2O/c13-9-6-8(2-3-10(9)14)7-11(17)12-15-4-1-5-16-12/h1-6H,7H2. The van der Waals surface area contributed by atoms with Gasteiger partial charge < -0.3 is 0 Å². The Hall–Kier alpha value is -1.62. The summed E-state index contributed by atoms with van der Waals surface area (Å²) < 4.78 is 13.3. The van der Waals surface area contributed by atoms with Crippen molar-refractivity contribution in [3.8, 4) is 0 Å². The lowest BCUT2D eigenvalue weighted by molar-refractivity contribution is 0.0983. The smallest absolute Gasteiger partial charge is 0.204 e. The highest BCUT2D eigenvalue weighted by atomic mass is 79.9. The van der Waals surface area contributed by atoms with Crippen LogP contribution in [0.4, 0.5) is 4.39 Å². The highest BCUT2D eigenvalue weighted by Crippen LogP contribution is 2.17. The van der Waals surface area contributed by atoms with Crippen LogP contribution in [-0.4, -0.2) is 15.8 Å². The fourth-order valence-corrected chi connectivity index (χ4v) is 1.78. The molecule has 0 fully saturated rings. The Kier molecular flexibility index (Phi) is 3.58. The molecule has 0 atom stereocenters. The van der Waals surface area contributed by atoms with Crippen molar-refractivity contribution in [3.63, 3.8) is 0 Å². The van der Waals surface area contributed by atoms with Crippen molar-refractivity contribution < 1.29 is 9.18 Å². The molecule has 2 aromatic rings. The van der Waals surface area contributed by atoms with E-state index in [-0.39, 0.29) is 23.8 Å². The molecule has 0 spiro atoms. The molecule has 1 heterocycles. The topological polar surface area (TPSA) is 42.9 Å². The third-order valence-corrected chi connectivity index (χ3v) is 2.77. The number of aromatic nitrogens is 2. The number of carbonyl (C=O) groups excluding carboxylic acids is 1. The van der Waals surface area contributed by atoms with E-state index in [1.165, 1.54) is 18.5 Å². The molecule has 0 saturated heterocycles. The van der Waals surface area contributed by atoms with Gasteiger partial charge in [-0.25, -0.2) is 14.4 Å². The van der Waals surface area contributed by atoms with E-state index in [1.807, 2.05) is 0 Å². The van der Waals surface area contributed by atoms with Gasteiger partial charge in [-0.3, -0.25) is 4.79 Å². The van der Waals surface area contributed by atoms with Gasteiger partial charge in [-0.05, 0) is 39.7 Å². The lowest BCUT2D eigenvalue weighted by atomic mass is 10.1. The molecule has 2 rings (SSSR count). The predicted octanol–water partition coefficient (Wildman–Crippen LogP) is 2.80. The molecule has 3 nitrogen and oxygen atoms in total. The number of nitrogens with zero attached hydrogens (tertiary/aromatic N) is 2. The molecule has 0 saturated carbocycles. The van der Waals surface area contributed by atoms with E-state index in [9.17, 15) is 9.18 Å². The van der Waals surface area contributed by atoms with Gasteiger partial charge in [-0.15, -0.1) is 0 Å². The van der Waals surface area contributed by atoms with Gasteiger partial charge in [0.15, 0.2) is 5.82 Å². The monoisotopic (exact) mass is 294 g/mol. The summed E-state index contributed by atoms with van der Waals surface area (Å²) in [5.74, 6) is -0.366. The van der Waals surface area contributed by atoms with Gasteiger partial charge >= 0.3 is 0 Å². The van der Waals surface area contributed by atoms with Crippen LogP contribution in [0.15, 0.2) is 41.1 Å². The third-order valence-electron chi connectivity index (χ3n) is 2.16. The summed E-state index contributed by atoms with van der Waals surface area (Å²) in [5, 5.41) is 0. The maximum Gasteiger partial charge on any atom is 0.204 e. The fraction of sp³-hybridized carbons (Fsp3) is 0.0833. The lowest BCUT2D eigenvalue weighted by Gasteiger charge is -2.01. The van der Waals surface area contributed by atoms with Gasteiger partial charge in [0, 0.05) is 18.8 Å². The molecule has 0 radical (unpaired) electrons. The molecule has 0 N–H and O–H groups in total. The third kappa shape index (κ3) is 2.94. The van der Waals surface area contributed by atoms with Crippen molar-refractivity contribution in [2.75, 3.05) is 0 Å². The highest BCUT2D eigenvalue weighted by Gasteiger charge is 2.10. The number of carbonyl (C=O) groups is 1. The first-order valence-electron chi connectivity index (χ1n) is 4.91. The Bertz CT molecular complexity index is 545. The highest BCUT2D eigenvalue weighted by molar-refractivity contribution is 9.10. The molecular formula is C12H8BrFN2O. The van der Waals surface area contributed by atoms with Crippen LogP contribution in [0.25, 0.3) is 0 Å². The van der Waals surface area contributed by atoms with Crippen LogP contribution in [0, 0.1) is 5.82 Å². The Morgan fingerprint density at radius 3 is 2.65 bits per heavy atom. The van der Waals surface area contributed by atoms with Crippen LogP contribution < -0.4 is 0 Å². The number of benzene rings is 1. The molecular weight excluding hydrogens is 287 g/mol. The van der Waals surface area contributed by atoms with Crippen LogP contribution in [0.1, 0.15) is 16.2 Å². The minimum absolute atomic E-state index is 0.156. The second kappa shape index (κ2) is 5.14. The molecule has 0 aliphatic rings. The summed E-state index contributed by atoms with van der Waals surface area (Å²) in [6, 6.07) is 6.11. The molecule has 1 aromatic heterocycles. The van der Waals surface area contributed by atoms with Crippen LogP contribution >= 0.6 is 15.9 Å². The summed E-state index contributed by atoms with van der Waals surface area (Å²) >= 11 is 3.07. The van der Waals surface area contributed by atoms with Gasteiger partial charge in [-0.2, -0.15) is 0 Å². The summed E-state index contributed by atoms with van der Waals surface area (Å²) in [5.41, 5.74) is 0.718. The number of Topliss-reactive ketones (excluding diaryl/α,β-unsaturated/α-hetero) is 1. The van der Waals surface area contributed by atoms with Gasteiger partial charge in [0.1, 0.15) is 5.82 Å². The van der Waals surface area contributed by atoms with Crippen molar-refractivity contribution in [1.29, 1.82) is 0 Å². The first-order valence-corrected chi connectivity index (χ1v) is 5.70. The first kappa shape index (κ1) is 11.9. The van der Waals surface area contributed by atoms with E-state index in [0.29, 0.717) is 4.47 Å². The molecule has 17 heavy (non-hydrogen) atoms. The molecule has 86 valence electrons. The SMILES string of the molecule is O=C(Cc1ccc(F)c(Br)c1)c1ncccn1. The summed E-state index contributed by atoms with van der Waals surface area (Å²) in [7, 11) is 0. The van der Waals surface area contributed by atoms with Crippen molar-refractivity contribution >= 4 is 21.7 Å². The van der Waals surface area contributed by atoms with Gasteiger partial charge in [0.2, 0.25) is 5.78 Å². The van der Waals surface area contributed by atoms with Gasteiger partial charge in [0.25, 0.3) is 0 Å². The van der Waals surface area contributed by atoms with Crippen molar-refractivity contribution in [3.05, 3.63) is 58.3 Å². The van der Waals surface area contributed by atoms with Gasteiger partial charge in [-0.1, -0.05) is 6.07 Å². The largest absolute Gasteiger partial charge is 0.290 e. The lowest BCUT2D eigenvalue weighted by Crippen LogP contribution is -2.08. The molecule has 5 heteroatoms. The normalized spacial score (nSPS) is 10.2. The van der Waals surface area contributed by atoms with Crippen molar-refractivity contribution in [2.24, 2.45) is 0 Å². The zero-order chi connectivity index (χ0) is 12.3. The maximum atomic E-state index is 13.0. The van der Waals surface area contributed by atoms with E-state index in [4.69, 9.17) is 0 Å². The molecule has 0 aliphatic carbocycles. The second-order valence-corrected chi connectivity index (χ2v) is 4.28. The van der Waals surface area contributed by atoms with Crippen molar-refractivity contribution in [1.82, 2.24) is 9.97 Å². The van der Waals surface area contributed by atoms with E-state index < -0.39 is 0 Å². The zero-order valence-electron chi connectivity index (χ0n) is 8.73. The predicted molar refractivity (Wildman–Crippen MR) is 64.2 cm³/mol. The van der Waals surface area contributed by atoms with E-state index in [2.05, 4.69) is 25.9 Å². The number of halogens is 2. The Balaban J connectivity index is 2.16. The maximum absolute atomic E-state index is 13.0. The number of hydrogen-bond acceptors (Lipinski definition) is 3. The van der Waals surface area contributed by atoms with Crippen molar-refractivity contribution in [2.45, 2.75) is 6.42 Å². The van der Waals surface area contributed by atoms with Crippen LogP contribution in [0.5, 0.6) is 0 Å². The molecule has 1 aromatic carbocycles. The number of rotatable bonds is 3. The van der Waals surface area contributed by atoms with E-state index in [0.717, 1.165) is 5.56 Å². The average Bonchev–Trinajstić information content (AvgIpc) is 2.35. The summed E-state index contributed by atoms with van der Waals surface area (Å²) in [4.78, 5) is 19.5. The minimum atomic E-state index is -0.350. The Morgan fingerprint density at radius 1 is 1.29 bits per heavy atom. The van der Waals surface area contributed by atoms with Gasteiger partial charge in [0.05, 0.1) is 4.47 Å². The van der Waals surface area contributed by atoms with Crippen LogP contribution in [0.3, 0.4) is 0 Å². The van der Waals surface area contributed by atoms with E-state index >= 15 is 0 Å². The second-order valence-electron chi connectivity index (χ2n) is 3.42. The van der Waals surface area contributed by atoms with Crippen LogP contribution in [-0.2, 0) is 6.42 Å². The van der Waals surface area contributed by atoms with Crippen LogP contribution in [0.2, 0.25) is 0 Å². The Morgan fingerprint density at radius 2 is 2.00 bits per heavy atom. The summed E-state index contributed by atoms with van der Waals surface area (Å²) in [6.45, 7) is 0. The fourth-order valence-electron chi connectivity index (χ4n) is 1.36. The van der Waals surface area contributed by atoms with E-state index in [1.54, 1.807) is 18.2 Å². The molecule has 0 unspecified atom stereocenters. The molecule has 0 bridgehead atoms. The number of ketones is 1. The molecule has 0 aliphatic heterocycles. The zero-order valence-corrected chi connectivity index (χ0v) is 10.3. The molecule has 0 amide bonds. The average molecular weight is 295 g/mol. The summed E-state index contributed by atoms with van der Waals surface area (Å²) in [6.07, 6.45) is 3.19.